The van der Waals surface area contributed by atoms with Gasteiger partial charge in [-0.05, 0) is 0 Å². The van der Waals surface area contributed by atoms with Crippen LogP contribution in [-0.4, -0.2) is 28.6 Å². The monoisotopic (exact) mass is 438 g/mol. The normalized spacial score (nSPS) is 20.3. The third-order valence-corrected chi connectivity index (χ3v) is 22.3. The number of ether oxygens (including phenoxy) is 1. The maximum absolute atomic E-state index is 6.39. The molecular weight excluding hydrogens is 399 g/mol. The number of epoxide rings is 1. The van der Waals surface area contributed by atoms with Gasteiger partial charge in [-0.15, -0.1) is 0 Å². The first-order valence-electron chi connectivity index (χ1n) is 10.4. The van der Waals surface area contributed by atoms with Crippen molar-refractivity contribution in [2.45, 2.75) is 95.7 Å². The van der Waals surface area contributed by atoms with Crippen molar-refractivity contribution in [2.75, 3.05) is 0 Å². The summed E-state index contributed by atoms with van der Waals surface area (Å²) in [6.07, 6.45) is 11.5. The molecule has 0 saturated carbocycles. The molecule has 0 unspecified atom stereocenters. The number of hydrogen-bond acceptors (Lipinski definition) is 1. The average Bonchev–Trinajstić information content (AvgIpc) is 3.41. The van der Waals surface area contributed by atoms with Gasteiger partial charge in [-0.1, -0.05) is 0 Å². The molecular formula is C22H38OSn. The van der Waals surface area contributed by atoms with E-state index in [4.69, 9.17) is 4.74 Å². The molecule has 1 nitrogen and oxygen atoms in total. The first-order chi connectivity index (χ1) is 11.8. The van der Waals surface area contributed by atoms with Gasteiger partial charge < -0.3 is 0 Å². The van der Waals surface area contributed by atoms with Crippen molar-refractivity contribution >= 4 is 18.4 Å². The van der Waals surface area contributed by atoms with Gasteiger partial charge in [-0.2, -0.15) is 0 Å². The standard InChI is InChI=1S/C10H11O.3C4H9.Sn/c1-2-4-9(5-3-1)6-7-10-8-11-10;3*1-3-4-2;/h1-5,8,10H,6-7H2;3*1,3-4H2,2H3;/t10-;;;;/m0..../s1. The summed E-state index contributed by atoms with van der Waals surface area (Å²) in [5.74, 6) is 0. The Morgan fingerprint density at radius 2 is 1.38 bits per heavy atom. The quantitative estimate of drug-likeness (QED) is 0.245. The van der Waals surface area contributed by atoms with Crippen LogP contribution in [0, 0.1) is 0 Å². The summed E-state index contributed by atoms with van der Waals surface area (Å²) in [5.41, 5.74) is 1.48. The summed E-state index contributed by atoms with van der Waals surface area (Å²) >= 11 is -2.12. The number of rotatable bonds is 13. The van der Waals surface area contributed by atoms with Crippen LogP contribution in [0.3, 0.4) is 0 Å². The molecule has 0 aliphatic carbocycles. The van der Waals surface area contributed by atoms with E-state index in [1.807, 2.05) is 0 Å². The van der Waals surface area contributed by atoms with E-state index in [-0.39, 0.29) is 0 Å². The van der Waals surface area contributed by atoms with Crippen molar-refractivity contribution in [3.8, 4) is 0 Å². The van der Waals surface area contributed by atoms with Gasteiger partial charge in [0, 0.05) is 0 Å². The molecule has 0 bridgehead atoms. The number of unbranched alkanes of at least 4 members (excludes halogenated alkanes) is 3. The van der Waals surface area contributed by atoms with Crippen LogP contribution in [0.5, 0.6) is 0 Å². The molecule has 1 aliphatic rings. The first-order valence-corrected chi connectivity index (χ1v) is 18.2. The Balaban J connectivity index is 1.95. The summed E-state index contributed by atoms with van der Waals surface area (Å²) in [6.45, 7) is 7.07. The third kappa shape index (κ3) is 6.05. The van der Waals surface area contributed by atoms with Gasteiger partial charge in [-0.3, -0.25) is 0 Å². The molecule has 136 valence electrons. The van der Waals surface area contributed by atoms with Crippen LogP contribution in [0.4, 0.5) is 0 Å². The van der Waals surface area contributed by atoms with Crippen LogP contribution in [0.1, 0.15) is 71.3 Å². The van der Waals surface area contributed by atoms with Gasteiger partial charge in [0.1, 0.15) is 0 Å². The first kappa shape index (κ1) is 20.3. The Labute approximate surface area is 154 Å². The van der Waals surface area contributed by atoms with E-state index in [0.717, 1.165) is 4.12 Å². The Morgan fingerprint density at radius 3 is 1.88 bits per heavy atom. The van der Waals surface area contributed by atoms with Gasteiger partial charge in [-0.25, -0.2) is 0 Å². The molecule has 0 spiro atoms. The zero-order valence-electron chi connectivity index (χ0n) is 16.2. The predicted octanol–water partition coefficient (Wildman–Crippen LogP) is 6.77. The molecule has 2 rings (SSSR count). The fourth-order valence-corrected chi connectivity index (χ4v) is 21.9. The zero-order chi connectivity index (χ0) is 17.3. The zero-order valence-corrected chi connectivity index (χ0v) is 19.1. The van der Waals surface area contributed by atoms with Crippen molar-refractivity contribution in [3.05, 3.63) is 35.9 Å². The van der Waals surface area contributed by atoms with E-state index < -0.39 is 18.4 Å². The molecule has 2 atom stereocenters. The molecule has 1 heterocycles. The number of benzene rings is 1. The van der Waals surface area contributed by atoms with Crippen molar-refractivity contribution in [1.29, 1.82) is 0 Å². The predicted molar refractivity (Wildman–Crippen MR) is 108 cm³/mol. The van der Waals surface area contributed by atoms with E-state index >= 15 is 0 Å². The van der Waals surface area contributed by atoms with Crippen molar-refractivity contribution in [3.63, 3.8) is 0 Å². The van der Waals surface area contributed by atoms with E-state index in [9.17, 15) is 0 Å². The minimum atomic E-state index is -2.12. The van der Waals surface area contributed by atoms with Crippen LogP contribution in [0.2, 0.25) is 13.3 Å². The van der Waals surface area contributed by atoms with Crippen molar-refractivity contribution < 1.29 is 4.74 Å². The van der Waals surface area contributed by atoms with Crippen LogP contribution in [0.25, 0.3) is 0 Å². The molecule has 0 radical (unpaired) electrons. The van der Waals surface area contributed by atoms with E-state index in [2.05, 4.69) is 51.1 Å². The molecule has 2 heteroatoms. The maximum atomic E-state index is 6.39. The number of aryl methyl sites for hydroxylation is 1. The second kappa shape index (κ2) is 10.9. The van der Waals surface area contributed by atoms with Gasteiger partial charge in [0.05, 0.1) is 0 Å². The van der Waals surface area contributed by atoms with Crippen LogP contribution in [0.15, 0.2) is 30.3 Å². The summed E-state index contributed by atoms with van der Waals surface area (Å²) < 4.78 is 11.9. The fourth-order valence-electron chi connectivity index (χ4n) is 4.24. The second-order valence-electron chi connectivity index (χ2n) is 7.79. The summed E-state index contributed by atoms with van der Waals surface area (Å²) in [6, 6.07) is 11.0. The SMILES string of the molecule is CCC[CH2][Sn]([CH2]CCC)([CH2]CCC)[C@@H]1O[C@H]1CCc1ccccc1. The molecule has 0 N–H and O–H groups in total. The summed E-state index contributed by atoms with van der Waals surface area (Å²) in [7, 11) is 0. The molecule has 1 aliphatic heterocycles. The summed E-state index contributed by atoms with van der Waals surface area (Å²) in [5, 5.41) is 0. The van der Waals surface area contributed by atoms with Gasteiger partial charge in [0.2, 0.25) is 0 Å². The van der Waals surface area contributed by atoms with Crippen molar-refractivity contribution in [1.82, 2.24) is 0 Å². The topological polar surface area (TPSA) is 12.5 Å². The molecule has 1 saturated heterocycles. The minimum absolute atomic E-state index is 0.603. The Bertz CT molecular complexity index is 423. The van der Waals surface area contributed by atoms with E-state index in [0.29, 0.717) is 6.10 Å². The Morgan fingerprint density at radius 1 is 0.833 bits per heavy atom. The molecule has 0 aromatic heterocycles. The average molecular weight is 437 g/mol. The fraction of sp³-hybridized carbons (Fsp3) is 0.727. The van der Waals surface area contributed by atoms with Gasteiger partial charge in [0.15, 0.2) is 0 Å². The van der Waals surface area contributed by atoms with Crippen LogP contribution in [-0.2, 0) is 11.2 Å². The molecule has 1 fully saturated rings. The van der Waals surface area contributed by atoms with Crippen molar-refractivity contribution in [2.24, 2.45) is 0 Å². The van der Waals surface area contributed by atoms with Crippen LogP contribution < -0.4 is 0 Å². The van der Waals surface area contributed by atoms with Gasteiger partial charge in [0.25, 0.3) is 0 Å². The molecule has 0 amide bonds. The van der Waals surface area contributed by atoms with Gasteiger partial charge >= 0.3 is 155 Å². The molecule has 24 heavy (non-hydrogen) atoms. The third-order valence-electron chi connectivity index (χ3n) is 5.83. The van der Waals surface area contributed by atoms with E-state index in [1.54, 1.807) is 13.3 Å². The Hall–Kier alpha value is -0.0213. The Kier molecular flexibility index (Phi) is 9.18. The summed E-state index contributed by atoms with van der Waals surface area (Å²) in [4.78, 5) is 0. The number of hydrogen-bond donors (Lipinski definition) is 0. The van der Waals surface area contributed by atoms with Crippen LogP contribution >= 0.6 is 0 Å². The second-order valence-corrected chi connectivity index (χ2v) is 21.5. The molecule has 1 aromatic carbocycles. The van der Waals surface area contributed by atoms with E-state index in [1.165, 1.54) is 56.9 Å². The molecule has 1 aromatic rings.